The van der Waals surface area contributed by atoms with Crippen molar-refractivity contribution in [2.24, 2.45) is 10.8 Å². The van der Waals surface area contributed by atoms with Crippen LogP contribution in [-0.4, -0.2) is 35.6 Å². The summed E-state index contributed by atoms with van der Waals surface area (Å²) in [6.07, 6.45) is 0.388. The van der Waals surface area contributed by atoms with Crippen molar-refractivity contribution in [3.63, 3.8) is 0 Å². The van der Waals surface area contributed by atoms with Crippen LogP contribution in [0.25, 0.3) is 10.8 Å². The second kappa shape index (κ2) is 9.15. The Labute approximate surface area is 169 Å². The third-order valence-electron chi connectivity index (χ3n) is 4.38. The summed E-state index contributed by atoms with van der Waals surface area (Å²) in [5.41, 5.74) is 0.126. The van der Waals surface area contributed by atoms with Gasteiger partial charge in [-0.2, -0.15) is 0 Å². The number of rotatable bonds is 8. The number of ether oxygens (including phenoxy) is 2. The molecule has 156 valence electrons. The molecule has 0 radical (unpaired) electrons. The van der Waals surface area contributed by atoms with E-state index in [9.17, 15) is 10.2 Å². The lowest BCUT2D eigenvalue weighted by molar-refractivity contribution is 0.0711. The number of aliphatic hydroxyl groups excluding tert-OH is 2. The molecule has 2 aromatic carbocycles. The molecular formula is C24H36O4. The van der Waals surface area contributed by atoms with Crippen LogP contribution in [-0.2, 0) is 0 Å². The second-order valence-corrected chi connectivity index (χ2v) is 10.1. The van der Waals surface area contributed by atoms with Gasteiger partial charge in [-0.3, -0.25) is 0 Å². The molecule has 0 aliphatic heterocycles. The third kappa shape index (κ3) is 7.69. The molecule has 2 unspecified atom stereocenters. The van der Waals surface area contributed by atoms with E-state index in [1.54, 1.807) is 0 Å². The molecule has 0 amide bonds. The van der Waals surface area contributed by atoms with Crippen LogP contribution in [0.3, 0.4) is 0 Å². The first-order valence-corrected chi connectivity index (χ1v) is 10.1. The summed E-state index contributed by atoms with van der Waals surface area (Å²) >= 11 is 0. The van der Waals surface area contributed by atoms with Crippen molar-refractivity contribution in [3.8, 4) is 11.5 Å². The van der Waals surface area contributed by atoms with E-state index >= 15 is 0 Å². The lowest BCUT2D eigenvalue weighted by Crippen LogP contribution is -2.24. The zero-order valence-electron chi connectivity index (χ0n) is 18.2. The van der Waals surface area contributed by atoms with Gasteiger partial charge in [0, 0.05) is 5.39 Å². The molecule has 2 aromatic rings. The van der Waals surface area contributed by atoms with Crippen LogP contribution in [0.1, 0.15) is 54.4 Å². The van der Waals surface area contributed by atoms with Crippen LogP contribution in [0.2, 0.25) is 0 Å². The summed E-state index contributed by atoms with van der Waals surface area (Å²) in [4.78, 5) is 0. The summed E-state index contributed by atoms with van der Waals surface area (Å²) in [6.45, 7) is 13.2. The minimum Gasteiger partial charge on any atom is -0.491 e. The summed E-state index contributed by atoms with van der Waals surface area (Å²) < 4.78 is 11.7. The normalized spacial score (nSPS) is 14.7. The molecule has 0 fully saturated rings. The van der Waals surface area contributed by atoms with Crippen molar-refractivity contribution in [1.82, 2.24) is 0 Å². The highest BCUT2D eigenvalue weighted by atomic mass is 16.5. The van der Waals surface area contributed by atoms with E-state index in [1.807, 2.05) is 36.4 Å². The van der Waals surface area contributed by atoms with Gasteiger partial charge in [0.25, 0.3) is 0 Å². The Bertz CT molecular complexity index is 755. The molecule has 4 heteroatoms. The van der Waals surface area contributed by atoms with Crippen molar-refractivity contribution >= 4 is 10.8 Å². The number of fused-ring (bicyclic) bond motifs is 1. The summed E-state index contributed by atoms with van der Waals surface area (Å²) in [7, 11) is 0. The van der Waals surface area contributed by atoms with E-state index in [4.69, 9.17) is 9.47 Å². The Balaban J connectivity index is 2.01. The standard InChI is InChI=1S/C24H36O4/c1-23(2,3)13-18(25)15-27-20-10-11-21-17(12-20)8-7-9-22(21)28-16-19(26)14-24(4,5)6/h7-12,18-19,25-26H,13-16H2,1-6H3. The van der Waals surface area contributed by atoms with E-state index in [0.717, 1.165) is 22.3 Å². The maximum atomic E-state index is 10.2. The predicted octanol–water partition coefficient (Wildman–Crippen LogP) is 5.19. The Morgan fingerprint density at radius 3 is 1.93 bits per heavy atom. The van der Waals surface area contributed by atoms with Gasteiger partial charge in [0.1, 0.15) is 24.7 Å². The molecule has 0 saturated carbocycles. The highest BCUT2D eigenvalue weighted by Gasteiger charge is 2.18. The van der Waals surface area contributed by atoms with Crippen molar-refractivity contribution in [2.75, 3.05) is 13.2 Å². The van der Waals surface area contributed by atoms with Crippen LogP contribution >= 0.6 is 0 Å². The largest absolute Gasteiger partial charge is 0.491 e. The molecule has 0 heterocycles. The van der Waals surface area contributed by atoms with E-state index in [-0.39, 0.29) is 24.0 Å². The van der Waals surface area contributed by atoms with Crippen LogP contribution in [0.5, 0.6) is 11.5 Å². The molecule has 2 N–H and O–H groups in total. The Morgan fingerprint density at radius 1 is 0.786 bits per heavy atom. The van der Waals surface area contributed by atoms with Crippen LogP contribution in [0.4, 0.5) is 0 Å². The predicted molar refractivity (Wildman–Crippen MR) is 115 cm³/mol. The second-order valence-electron chi connectivity index (χ2n) is 10.1. The van der Waals surface area contributed by atoms with Crippen molar-refractivity contribution in [1.29, 1.82) is 0 Å². The molecule has 0 bridgehead atoms. The monoisotopic (exact) mass is 388 g/mol. The lowest BCUT2D eigenvalue weighted by atomic mass is 9.89. The SMILES string of the molecule is CC(C)(C)CC(O)COc1ccc2c(OCC(O)CC(C)(C)C)cccc2c1. The molecule has 0 aromatic heterocycles. The van der Waals surface area contributed by atoms with Gasteiger partial charge in [-0.25, -0.2) is 0 Å². The average Bonchev–Trinajstić information content (AvgIpc) is 2.54. The molecule has 0 aliphatic carbocycles. The smallest absolute Gasteiger partial charge is 0.127 e. The van der Waals surface area contributed by atoms with Gasteiger partial charge in [0.05, 0.1) is 12.2 Å². The van der Waals surface area contributed by atoms with E-state index in [2.05, 4.69) is 41.5 Å². The summed E-state index contributed by atoms with van der Waals surface area (Å²) in [5.74, 6) is 1.48. The molecule has 0 saturated heterocycles. The fourth-order valence-corrected chi connectivity index (χ4v) is 3.36. The van der Waals surface area contributed by atoms with Gasteiger partial charge in [0.15, 0.2) is 0 Å². The Morgan fingerprint density at radius 2 is 1.36 bits per heavy atom. The van der Waals surface area contributed by atoms with Crippen molar-refractivity contribution in [3.05, 3.63) is 36.4 Å². The zero-order valence-corrected chi connectivity index (χ0v) is 18.2. The fourth-order valence-electron chi connectivity index (χ4n) is 3.36. The molecular weight excluding hydrogens is 352 g/mol. The highest BCUT2D eigenvalue weighted by Crippen LogP contribution is 2.30. The maximum Gasteiger partial charge on any atom is 0.127 e. The number of aliphatic hydroxyl groups is 2. The molecule has 4 nitrogen and oxygen atoms in total. The topological polar surface area (TPSA) is 58.9 Å². The van der Waals surface area contributed by atoms with Crippen molar-refractivity contribution in [2.45, 2.75) is 66.6 Å². The number of benzene rings is 2. The summed E-state index contributed by atoms with van der Waals surface area (Å²) in [5, 5.41) is 22.3. The third-order valence-corrected chi connectivity index (χ3v) is 4.38. The number of hydrogen-bond acceptors (Lipinski definition) is 4. The minimum absolute atomic E-state index is 0.0608. The minimum atomic E-state index is -0.498. The van der Waals surface area contributed by atoms with Gasteiger partial charge in [0.2, 0.25) is 0 Å². The van der Waals surface area contributed by atoms with E-state index in [0.29, 0.717) is 12.8 Å². The van der Waals surface area contributed by atoms with Gasteiger partial charge in [-0.15, -0.1) is 0 Å². The molecule has 2 atom stereocenters. The molecule has 0 spiro atoms. The quantitative estimate of drug-likeness (QED) is 0.653. The first-order chi connectivity index (χ1) is 12.9. The van der Waals surface area contributed by atoms with E-state index in [1.165, 1.54) is 0 Å². The van der Waals surface area contributed by atoms with Gasteiger partial charge in [-0.1, -0.05) is 53.7 Å². The Hall–Kier alpha value is -1.78. The molecule has 28 heavy (non-hydrogen) atoms. The van der Waals surface area contributed by atoms with Crippen LogP contribution in [0, 0.1) is 10.8 Å². The average molecular weight is 389 g/mol. The maximum absolute atomic E-state index is 10.2. The fraction of sp³-hybridized carbons (Fsp3) is 0.583. The van der Waals surface area contributed by atoms with Crippen LogP contribution < -0.4 is 9.47 Å². The van der Waals surface area contributed by atoms with Crippen LogP contribution in [0.15, 0.2) is 36.4 Å². The molecule has 0 aliphatic rings. The van der Waals surface area contributed by atoms with E-state index < -0.39 is 12.2 Å². The van der Waals surface area contributed by atoms with Gasteiger partial charge in [-0.05, 0) is 53.3 Å². The first kappa shape index (κ1) is 22.5. The first-order valence-electron chi connectivity index (χ1n) is 10.1. The number of hydrogen-bond donors (Lipinski definition) is 2. The highest BCUT2D eigenvalue weighted by molar-refractivity contribution is 5.89. The lowest BCUT2D eigenvalue weighted by Gasteiger charge is -2.23. The Kier molecular flexibility index (Phi) is 7.35. The van der Waals surface area contributed by atoms with Gasteiger partial charge >= 0.3 is 0 Å². The molecule has 2 rings (SSSR count). The zero-order chi connectivity index (χ0) is 20.9. The summed E-state index contributed by atoms with van der Waals surface area (Å²) in [6, 6.07) is 11.7. The van der Waals surface area contributed by atoms with Gasteiger partial charge < -0.3 is 19.7 Å². The van der Waals surface area contributed by atoms with Crippen molar-refractivity contribution < 1.29 is 19.7 Å².